The predicted molar refractivity (Wildman–Crippen MR) is 116 cm³/mol. The van der Waals surface area contributed by atoms with E-state index in [9.17, 15) is 19.8 Å². The van der Waals surface area contributed by atoms with Crippen LogP contribution in [0.1, 0.15) is 31.0 Å². The van der Waals surface area contributed by atoms with Gasteiger partial charge >= 0.3 is 0 Å². The normalized spacial score (nSPS) is 18.1. The number of methoxy groups -OCH3 is 1. The van der Waals surface area contributed by atoms with Crippen molar-refractivity contribution in [3.05, 3.63) is 65.2 Å². The molecule has 2 N–H and O–H groups in total. The largest absolute Gasteiger partial charge is 0.508 e. The molecule has 2 aromatic carbocycles. The highest BCUT2D eigenvalue weighted by atomic mass is 16.5. The Balaban J connectivity index is 2.02. The van der Waals surface area contributed by atoms with Crippen LogP contribution in [-0.2, 0) is 14.3 Å². The molecule has 1 unspecified atom stereocenters. The minimum atomic E-state index is -0.785. The van der Waals surface area contributed by atoms with Crippen molar-refractivity contribution in [3.63, 3.8) is 0 Å². The van der Waals surface area contributed by atoms with Gasteiger partial charge in [0.25, 0.3) is 11.7 Å². The van der Waals surface area contributed by atoms with Gasteiger partial charge in [0.2, 0.25) is 0 Å². The molecule has 1 atom stereocenters. The summed E-state index contributed by atoms with van der Waals surface area (Å²) in [5, 5.41) is 20.6. The molecule has 2 aromatic rings. The van der Waals surface area contributed by atoms with Crippen LogP contribution in [0.25, 0.3) is 5.76 Å². The molecule has 1 aliphatic heterocycles. The first-order valence-corrected chi connectivity index (χ1v) is 10.1. The van der Waals surface area contributed by atoms with Gasteiger partial charge in [0.05, 0.1) is 24.8 Å². The number of aliphatic hydroxyl groups is 1. The van der Waals surface area contributed by atoms with E-state index in [1.54, 1.807) is 36.4 Å². The maximum Gasteiger partial charge on any atom is 0.295 e. The van der Waals surface area contributed by atoms with E-state index in [-0.39, 0.29) is 30.2 Å². The number of nitrogens with zero attached hydrogens (tertiary/aromatic N) is 1. The van der Waals surface area contributed by atoms with Crippen LogP contribution in [0.3, 0.4) is 0 Å². The van der Waals surface area contributed by atoms with E-state index in [1.807, 2.05) is 13.8 Å². The monoisotopic (exact) mass is 425 g/mol. The summed E-state index contributed by atoms with van der Waals surface area (Å²) in [5.41, 5.74) is 1.01. The Morgan fingerprint density at radius 2 is 1.71 bits per heavy atom. The maximum absolute atomic E-state index is 12.9. The zero-order valence-electron chi connectivity index (χ0n) is 17.9. The molecule has 164 valence electrons. The minimum Gasteiger partial charge on any atom is -0.508 e. The van der Waals surface area contributed by atoms with E-state index < -0.39 is 17.7 Å². The number of aliphatic hydroxyl groups excluding tert-OH is 1. The van der Waals surface area contributed by atoms with Gasteiger partial charge in [-0.25, -0.2) is 0 Å². The van der Waals surface area contributed by atoms with Gasteiger partial charge in [-0.15, -0.1) is 0 Å². The fraction of sp³-hybridized carbons (Fsp3) is 0.333. The Bertz CT molecular complexity index is 963. The highest BCUT2D eigenvalue weighted by Gasteiger charge is 2.45. The average Bonchev–Trinajstić information content (AvgIpc) is 3.01. The average molecular weight is 425 g/mol. The molecule has 1 saturated heterocycles. The summed E-state index contributed by atoms with van der Waals surface area (Å²) < 4.78 is 10.8. The number of hydrogen-bond acceptors (Lipinski definition) is 6. The quantitative estimate of drug-likeness (QED) is 0.382. The Hall–Kier alpha value is -3.32. The molecule has 1 amide bonds. The van der Waals surface area contributed by atoms with Gasteiger partial charge in [-0.3, -0.25) is 9.59 Å². The van der Waals surface area contributed by atoms with Crippen molar-refractivity contribution in [2.45, 2.75) is 19.9 Å². The summed E-state index contributed by atoms with van der Waals surface area (Å²) in [5.74, 6) is -0.621. The molecule has 7 nitrogen and oxygen atoms in total. The third-order valence-electron chi connectivity index (χ3n) is 5.00. The Labute approximate surface area is 181 Å². The molecule has 7 heteroatoms. The number of ketones is 1. The lowest BCUT2D eigenvalue weighted by Gasteiger charge is -2.25. The van der Waals surface area contributed by atoms with E-state index in [1.165, 1.54) is 24.1 Å². The van der Waals surface area contributed by atoms with Crippen LogP contribution in [-0.4, -0.2) is 53.7 Å². The summed E-state index contributed by atoms with van der Waals surface area (Å²) in [7, 11) is 1.51. The molecule has 3 rings (SSSR count). The number of phenolic OH excluding ortho intramolecular Hbond substituents is 1. The molecule has 1 aliphatic rings. The van der Waals surface area contributed by atoms with Gasteiger partial charge in [0.15, 0.2) is 0 Å². The first kappa shape index (κ1) is 22.4. The van der Waals surface area contributed by atoms with Gasteiger partial charge < -0.3 is 24.6 Å². The number of Topliss-reactive ketones (excluding diaryl/α,β-unsaturated/α-hetero) is 1. The van der Waals surface area contributed by atoms with Crippen molar-refractivity contribution in [1.82, 2.24) is 4.90 Å². The zero-order valence-corrected chi connectivity index (χ0v) is 17.9. The second-order valence-corrected chi connectivity index (χ2v) is 7.81. The van der Waals surface area contributed by atoms with E-state index >= 15 is 0 Å². The number of rotatable bonds is 8. The predicted octanol–water partition coefficient (Wildman–Crippen LogP) is 3.50. The van der Waals surface area contributed by atoms with Crippen molar-refractivity contribution in [2.75, 3.05) is 26.9 Å². The molecule has 0 aliphatic carbocycles. The summed E-state index contributed by atoms with van der Waals surface area (Å²) in [4.78, 5) is 27.0. The molecule has 0 spiro atoms. The molecule has 1 heterocycles. The lowest BCUT2D eigenvalue weighted by atomic mass is 9.95. The lowest BCUT2D eigenvalue weighted by molar-refractivity contribution is -0.140. The van der Waals surface area contributed by atoms with Crippen LogP contribution in [0.2, 0.25) is 0 Å². The van der Waals surface area contributed by atoms with Gasteiger partial charge in [-0.2, -0.15) is 0 Å². The van der Waals surface area contributed by atoms with E-state index in [0.29, 0.717) is 29.4 Å². The second-order valence-electron chi connectivity index (χ2n) is 7.81. The van der Waals surface area contributed by atoms with E-state index in [0.717, 1.165) is 0 Å². The molecule has 0 radical (unpaired) electrons. The summed E-state index contributed by atoms with van der Waals surface area (Å²) in [6.45, 7) is 5.09. The third-order valence-corrected chi connectivity index (χ3v) is 5.00. The SMILES string of the molecule is COCCN1C(=O)C(=O)/C(=C(\O)c2ccc(OCC(C)C)cc2)C1c1ccc(O)cc1. The Kier molecular flexibility index (Phi) is 6.97. The number of ether oxygens (including phenoxy) is 2. The topological polar surface area (TPSA) is 96.3 Å². The van der Waals surface area contributed by atoms with Crippen LogP contribution >= 0.6 is 0 Å². The number of carbonyl (C=O) groups excluding carboxylic acids is 2. The molecule has 0 saturated carbocycles. The highest BCUT2D eigenvalue weighted by molar-refractivity contribution is 6.46. The molecular weight excluding hydrogens is 398 g/mol. The maximum atomic E-state index is 12.9. The Morgan fingerprint density at radius 3 is 2.29 bits per heavy atom. The van der Waals surface area contributed by atoms with Crippen molar-refractivity contribution in [3.8, 4) is 11.5 Å². The van der Waals surface area contributed by atoms with Crippen LogP contribution in [0.5, 0.6) is 11.5 Å². The third kappa shape index (κ3) is 4.88. The van der Waals surface area contributed by atoms with Crippen molar-refractivity contribution < 1.29 is 29.3 Å². The van der Waals surface area contributed by atoms with Crippen molar-refractivity contribution in [2.24, 2.45) is 5.92 Å². The van der Waals surface area contributed by atoms with Gasteiger partial charge in [-0.1, -0.05) is 26.0 Å². The van der Waals surface area contributed by atoms with Crippen molar-refractivity contribution >= 4 is 17.4 Å². The minimum absolute atomic E-state index is 0.00245. The first-order chi connectivity index (χ1) is 14.8. The first-order valence-electron chi connectivity index (χ1n) is 10.1. The van der Waals surface area contributed by atoms with Gasteiger partial charge in [0.1, 0.15) is 17.3 Å². The number of aromatic hydroxyl groups is 1. The highest BCUT2D eigenvalue weighted by Crippen LogP contribution is 2.39. The van der Waals surface area contributed by atoms with Crippen molar-refractivity contribution in [1.29, 1.82) is 0 Å². The molecular formula is C24H27NO6. The number of amides is 1. The fourth-order valence-corrected chi connectivity index (χ4v) is 3.43. The smallest absolute Gasteiger partial charge is 0.295 e. The standard InChI is InChI=1S/C24H27NO6/c1-15(2)14-31-19-10-6-17(7-11-19)22(27)20-21(16-4-8-18(26)9-5-16)25(12-13-30-3)24(29)23(20)28/h4-11,15,21,26-27H,12-14H2,1-3H3/b22-20-. The fourth-order valence-electron chi connectivity index (χ4n) is 3.43. The van der Waals surface area contributed by atoms with Gasteiger partial charge in [-0.05, 0) is 47.9 Å². The molecule has 0 bridgehead atoms. The molecule has 0 aromatic heterocycles. The van der Waals surface area contributed by atoms with E-state index in [2.05, 4.69) is 0 Å². The molecule has 1 fully saturated rings. The second kappa shape index (κ2) is 9.66. The molecule has 31 heavy (non-hydrogen) atoms. The number of hydrogen-bond donors (Lipinski definition) is 2. The van der Waals surface area contributed by atoms with E-state index in [4.69, 9.17) is 9.47 Å². The van der Waals surface area contributed by atoms with Crippen LogP contribution < -0.4 is 4.74 Å². The number of likely N-dealkylation sites (tertiary alicyclic amines) is 1. The lowest BCUT2D eigenvalue weighted by Crippen LogP contribution is -2.32. The number of benzene rings is 2. The number of phenols is 1. The van der Waals surface area contributed by atoms with Gasteiger partial charge in [0, 0.05) is 19.2 Å². The van der Waals surface area contributed by atoms with Crippen LogP contribution in [0.15, 0.2) is 54.1 Å². The Morgan fingerprint density at radius 1 is 1.06 bits per heavy atom. The summed E-state index contributed by atoms with van der Waals surface area (Å²) in [6.07, 6.45) is 0. The zero-order chi connectivity index (χ0) is 22.5. The number of carbonyl (C=O) groups is 2. The summed E-state index contributed by atoms with van der Waals surface area (Å²) in [6, 6.07) is 12.2. The van der Waals surface area contributed by atoms with Crippen LogP contribution in [0.4, 0.5) is 0 Å². The van der Waals surface area contributed by atoms with Crippen LogP contribution in [0, 0.1) is 5.92 Å². The summed E-state index contributed by atoms with van der Waals surface area (Å²) >= 11 is 0.